The lowest BCUT2D eigenvalue weighted by Crippen LogP contribution is -2.32. The standard InChI is InChI=1S/C11H13N5O/c12-6-8-5-9(11(17)15-13)10(14-7-8)16-3-1-2-4-16/h5,7H,1-4,13H2,(H,15,17). The average molecular weight is 231 g/mol. The first-order chi connectivity index (χ1) is 8.26. The van der Waals surface area contributed by atoms with Gasteiger partial charge in [-0.2, -0.15) is 5.26 Å². The number of pyridine rings is 1. The lowest BCUT2D eigenvalue weighted by molar-refractivity contribution is 0.0954. The minimum absolute atomic E-state index is 0.353. The van der Waals surface area contributed by atoms with Crippen molar-refractivity contribution in [2.45, 2.75) is 12.8 Å². The summed E-state index contributed by atoms with van der Waals surface area (Å²) in [5.74, 6) is 5.32. The van der Waals surface area contributed by atoms with Gasteiger partial charge in [-0.05, 0) is 18.9 Å². The number of nitrogen functional groups attached to an aromatic ring is 1. The van der Waals surface area contributed by atoms with E-state index in [4.69, 9.17) is 11.1 Å². The summed E-state index contributed by atoms with van der Waals surface area (Å²) in [5, 5.41) is 8.81. The topological polar surface area (TPSA) is 95.0 Å². The van der Waals surface area contributed by atoms with Gasteiger partial charge in [0.05, 0.1) is 11.1 Å². The summed E-state index contributed by atoms with van der Waals surface area (Å²) in [6.45, 7) is 1.76. The summed E-state index contributed by atoms with van der Waals surface area (Å²) in [4.78, 5) is 17.9. The molecule has 2 heterocycles. The summed E-state index contributed by atoms with van der Waals surface area (Å²) in [7, 11) is 0. The Kier molecular flexibility index (Phi) is 3.21. The first-order valence-corrected chi connectivity index (χ1v) is 5.42. The minimum Gasteiger partial charge on any atom is -0.356 e. The van der Waals surface area contributed by atoms with E-state index >= 15 is 0 Å². The van der Waals surface area contributed by atoms with Gasteiger partial charge >= 0.3 is 0 Å². The number of nitrogens with zero attached hydrogens (tertiary/aromatic N) is 3. The Morgan fingerprint density at radius 3 is 2.82 bits per heavy atom. The fraction of sp³-hybridized carbons (Fsp3) is 0.364. The van der Waals surface area contributed by atoms with Gasteiger partial charge in [0.2, 0.25) is 0 Å². The highest BCUT2D eigenvalue weighted by molar-refractivity contribution is 5.98. The van der Waals surface area contributed by atoms with E-state index in [2.05, 4.69) is 10.4 Å². The zero-order chi connectivity index (χ0) is 12.3. The SMILES string of the molecule is N#Cc1cnc(N2CCCC2)c(C(=O)NN)c1. The van der Waals surface area contributed by atoms with Crippen molar-refractivity contribution in [1.82, 2.24) is 10.4 Å². The van der Waals surface area contributed by atoms with Crippen LogP contribution in [0, 0.1) is 11.3 Å². The first kappa shape index (κ1) is 11.4. The van der Waals surface area contributed by atoms with Crippen LogP contribution in [-0.4, -0.2) is 24.0 Å². The highest BCUT2D eigenvalue weighted by atomic mass is 16.2. The smallest absolute Gasteiger partial charge is 0.268 e. The van der Waals surface area contributed by atoms with Crippen LogP contribution in [0.1, 0.15) is 28.8 Å². The summed E-state index contributed by atoms with van der Waals surface area (Å²) < 4.78 is 0. The van der Waals surface area contributed by atoms with Crippen molar-refractivity contribution in [3.05, 3.63) is 23.4 Å². The molecule has 1 aromatic rings. The van der Waals surface area contributed by atoms with Crippen molar-refractivity contribution >= 4 is 11.7 Å². The third-order valence-corrected chi connectivity index (χ3v) is 2.78. The molecule has 17 heavy (non-hydrogen) atoms. The maximum atomic E-state index is 11.6. The van der Waals surface area contributed by atoms with Crippen LogP contribution in [0.15, 0.2) is 12.3 Å². The fourth-order valence-electron chi connectivity index (χ4n) is 1.94. The Morgan fingerprint density at radius 1 is 1.53 bits per heavy atom. The number of aromatic nitrogens is 1. The van der Waals surface area contributed by atoms with Crippen LogP contribution >= 0.6 is 0 Å². The lowest BCUT2D eigenvalue weighted by atomic mass is 10.2. The second-order valence-corrected chi connectivity index (χ2v) is 3.87. The third-order valence-electron chi connectivity index (χ3n) is 2.78. The van der Waals surface area contributed by atoms with Gasteiger partial charge in [-0.3, -0.25) is 10.2 Å². The molecular weight excluding hydrogens is 218 g/mol. The molecule has 1 fully saturated rings. The van der Waals surface area contributed by atoms with Crippen molar-refractivity contribution < 1.29 is 4.79 Å². The quantitative estimate of drug-likeness (QED) is 0.429. The molecule has 0 spiro atoms. The maximum absolute atomic E-state index is 11.6. The molecule has 2 rings (SSSR count). The van der Waals surface area contributed by atoms with Gasteiger partial charge in [-0.1, -0.05) is 0 Å². The molecule has 1 saturated heterocycles. The molecule has 1 aliphatic heterocycles. The Balaban J connectivity index is 2.43. The van der Waals surface area contributed by atoms with E-state index in [-0.39, 0.29) is 0 Å². The molecule has 1 amide bonds. The average Bonchev–Trinajstić information content (AvgIpc) is 2.90. The molecular formula is C11H13N5O. The second-order valence-electron chi connectivity index (χ2n) is 3.87. The van der Waals surface area contributed by atoms with Gasteiger partial charge in [-0.25, -0.2) is 10.8 Å². The summed E-state index contributed by atoms with van der Waals surface area (Å²) >= 11 is 0. The minimum atomic E-state index is -0.420. The molecule has 0 aliphatic carbocycles. The van der Waals surface area contributed by atoms with Crippen molar-refractivity contribution in [1.29, 1.82) is 5.26 Å². The molecule has 88 valence electrons. The van der Waals surface area contributed by atoms with E-state index in [0.29, 0.717) is 16.9 Å². The zero-order valence-corrected chi connectivity index (χ0v) is 9.31. The summed E-state index contributed by atoms with van der Waals surface area (Å²) in [6.07, 6.45) is 3.65. The highest BCUT2D eigenvalue weighted by Gasteiger charge is 2.20. The summed E-state index contributed by atoms with van der Waals surface area (Å²) in [5.41, 5.74) is 2.79. The lowest BCUT2D eigenvalue weighted by Gasteiger charge is -2.19. The molecule has 6 heteroatoms. The largest absolute Gasteiger partial charge is 0.356 e. The molecule has 1 aliphatic rings. The number of hydrogen-bond acceptors (Lipinski definition) is 5. The molecule has 0 aromatic carbocycles. The number of nitrogens with two attached hydrogens (primary N) is 1. The number of hydrogen-bond donors (Lipinski definition) is 2. The van der Waals surface area contributed by atoms with Gasteiger partial charge in [0.1, 0.15) is 11.9 Å². The molecule has 0 unspecified atom stereocenters. The van der Waals surface area contributed by atoms with E-state index in [9.17, 15) is 4.79 Å². The number of carbonyl (C=O) groups is 1. The van der Waals surface area contributed by atoms with E-state index in [1.165, 1.54) is 12.3 Å². The van der Waals surface area contributed by atoms with E-state index in [1.54, 1.807) is 0 Å². The molecule has 6 nitrogen and oxygen atoms in total. The Bertz CT molecular complexity index is 473. The monoisotopic (exact) mass is 231 g/mol. The first-order valence-electron chi connectivity index (χ1n) is 5.42. The van der Waals surface area contributed by atoms with E-state index in [1.807, 2.05) is 11.0 Å². The number of anilines is 1. The molecule has 0 saturated carbocycles. The van der Waals surface area contributed by atoms with Crippen LogP contribution in [0.2, 0.25) is 0 Å². The Hall–Kier alpha value is -2.13. The molecule has 3 N–H and O–H groups in total. The van der Waals surface area contributed by atoms with Crippen LogP contribution in [0.3, 0.4) is 0 Å². The van der Waals surface area contributed by atoms with Crippen molar-refractivity contribution in [3.63, 3.8) is 0 Å². The van der Waals surface area contributed by atoms with Gasteiger partial charge in [0.15, 0.2) is 0 Å². The van der Waals surface area contributed by atoms with Crippen LogP contribution in [0.5, 0.6) is 0 Å². The number of carbonyl (C=O) groups excluding carboxylic acids is 1. The van der Waals surface area contributed by atoms with Gasteiger partial charge < -0.3 is 4.90 Å². The van der Waals surface area contributed by atoms with Crippen LogP contribution in [-0.2, 0) is 0 Å². The summed E-state index contributed by atoms with van der Waals surface area (Å²) in [6, 6.07) is 3.48. The second kappa shape index (κ2) is 4.80. The number of amides is 1. The Morgan fingerprint density at radius 2 is 2.24 bits per heavy atom. The normalized spacial score (nSPS) is 14.5. The highest BCUT2D eigenvalue weighted by Crippen LogP contribution is 2.22. The molecule has 0 bridgehead atoms. The molecule has 0 radical (unpaired) electrons. The number of nitriles is 1. The maximum Gasteiger partial charge on any atom is 0.268 e. The Labute approximate surface area is 99.0 Å². The predicted molar refractivity (Wildman–Crippen MR) is 62.1 cm³/mol. The van der Waals surface area contributed by atoms with E-state index in [0.717, 1.165) is 25.9 Å². The third kappa shape index (κ3) is 2.19. The van der Waals surface area contributed by atoms with Crippen molar-refractivity contribution in [3.8, 4) is 6.07 Å². The van der Waals surface area contributed by atoms with Crippen LogP contribution < -0.4 is 16.2 Å². The number of hydrazine groups is 1. The van der Waals surface area contributed by atoms with Crippen LogP contribution in [0.25, 0.3) is 0 Å². The van der Waals surface area contributed by atoms with Crippen molar-refractivity contribution in [2.24, 2.45) is 5.84 Å². The number of rotatable bonds is 2. The predicted octanol–water partition coefficient (Wildman–Crippen LogP) is 0.157. The van der Waals surface area contributed by atoms with E-state index < -0.39 is 5.91 Å². The van der Waals surface area contributed by atoms with Gasteiger partial charge in [-0.15, -0.1) is 0 Å². The molecule has 1 aromatic heterocycles. The fourth-order valence-corrected chi connectivity index (χ4v) is 1.94. The van der Waals surface area contributed by atoms with Gasteiger partial charge in [0, 0.05) is 19.3 Å². The number of nitrogens with one attached hydrogen (secondary N) is 1. The van der Waals surface area contributed by atoms with Crippen molar-refractivity contribution in [2.75, 3.05) is 18.0 Å². The van der Waals surface area contributed by atoms with Crippen LogP contribution in [0.4, 0.5) is 5.82 Å². The molecule has 0 atom stereocenters. The van der Waals surface area contributed by atoms with Gasteiger partial charge in [0.25, 0.3) is 5.91 Å². The zero-order valence-electron chi connectivity index (χ0n) is 9.31.